The van der Waals surface area contributed by atoms with Crippen molar-refractivity contribution in [3.05, 3.63) is 17.4 Å². The van der Waals surface area contributed by atoms with Crippen LogP contribution in [0.4, 0.5) is 4.39 Å². The van der Waals surface area contributed by atoms with Crippen molar-refractivity contribution >= 4 is 0 Å². The Hall–Kier alpha value is -1.53. The van der Waals surface area contributed by atoms with Crippen molar-refractivity contribution in [3.63, 3.8) is 0 Å². The lowest BCUT2D eigenvalue weighted by Crippen LogP contribution is -2.09. The van der Waals surface area contributed by atoms with Gasteiger partial charge in [-0.15, -0.1) is 0 Å². The van der Waals surface area contributed by atoms with Crippen LogP contribution in [0.25, 0.3) is 0 Å². The van der Waals surface area contributed by atoms with E-state index in [2.05, 4.69) is 0 Å². The molecule has 0 unspecified atom stereocenters. The van der Waals surface area contributed by atoms with Crippen LogP contribution in [-0.2, 0) is 6.54 Å². The predicted molar refractivity (Wildman–Crippen MR) is 47.7 cm³/mol. The molecule has 0 saturated heterocycles. The van der Waals surface area contributed by atoms with E-state index in [1.807, 2.05) is 5.48 Å². The minimum atomic E-state index is -0.549. The summed E-state index contributed by atoms with van der Waals surface area (Å²) in [6, 6.07) is 1.20. The van der Waals surface area contributed by atoms with Gasteiger partial charge in [-0.1, -0.05) is 0 Å². The lowest BCUT2D eigenvalue weighted by atomic mass is 10.1. The Bertz CT molecular complexity index is 379. The Balaban J connectivity index is 2.55. The molecule has 0 amide bonds. The van der Waals surface area contributed by atoms with Gasteiger partial charge >= 0.3 is 0 Å². The maximum Gasteiger partial charge on any atom is 0.231 e. The van der Waals surface area contributed by atoms with E-state index in [1.54, 1.807) is 0 Å². The molecule has 0 aliphatic carbocycles. The van der Waals surface area contributed by atoms with Crippen LogP contribution in [0.5, 0.6) is 17.2 Å². The number of hydrogen-bond donors (Lipinski definition) is 2. The molecule has 2 rings (SSSR count). The van der Waals surface area contributed by atoms with Crippen LogP contribution in [0.2, 0.25) is 0 Å². The Kier molecular flexibility index (Phi) is 2.61. The highest BCUT2D eigenvalue weighted by Gasteiger charge is 2.24. The van der Waals surface area contributed by atoms with Gasteiger partial charge in [0.1, 0.15) is 0 Å². The first kappa shape index (κ1) is 10.0. The molecule has 0 bridgehead atoms. The molecule has 0 saturated carbocycles. The molecule has 0 atom stereocenters. The topological polar surface area (TPSA) is 60.0 Å². The van der Waals surface area contributed by atoms with E-state index in [0.717, 1.165) is 0 Å². The zero-order valence-electron chi connectivity index (χ0n) is 8.04. The summed E-state index contributed by atoms with van der Waals surface area (Å²) in [7, 11) is 1.35. The van der Waals surface area contributed by atoms with E-state index in [9.17, 15) is 4.39 Å². The van der Waals surface area contributed by atoms with Gasteiger partial charge in [-0.25, -0.2) is 9.87 Å². The average Bonchev–Trinajstić information content (AvgIpc) is 2.66. The van der Waals surface area contributed by atoms with Gasteiger partial charge in [0.25, 0.3) is 0 Å². The van der Waals surface area contributed by atoms with Crippen LogP contribution < -0.4 is 19.7 Å². The molecule has 1 aliphatic heterocycles. The van der Waals surface area contributed by atoms with Gasteiger partial charge in [0.15, 0.2) is 23.1 Å². The molecule has 0 aromatic heterocycles. The number of hydrogen-bond acceptors (Lipinski definition) is 5. The van der Waals surface area contributed by atoms with Crippen LogP contribution >= 0.6 is 0 Å². The van der Waals surface area contributed by atoms with E-state index in [1.165, 1.54) is 13.2 Å². The zero-order chi connectivity index (χ0) is 10.8. The SMILES string of the molecule is COc1c(F)cc2c(c1CNO)OCO2. The number of hydroxylamine groups is 1. The van der Waals surface area contributed by atoms with Crippen LogP contribution in [-0.4, -0.2) is 19.1 Å². The van der Waals surface area contributed by atoms with Crippen LogP contribution in [0.1, 0.15) is 5.56 Å². The summed E-state index contributed by atoms with van der Waals surface area (Å²) >= 11 is 0. The molecule has 82 valence electrons. The summed E-state index contributed by atoms with van der Waals surface area (Å²) in [6.07, 6.45) is 0. The Morgan fingerprint density at radius 2 is 2.40 bits per heavy atom. The van der Waals surface area contributed by atoms with E-state index in [-0.39, 0.29) is 19.1 Å². The molecule has 0 fully saturated rings. The quantitative estimate of drug-likeness (QED) is 0.738. The summed E-state index contributed by atoms with van der Waals surface area (Å²) in [5.74, 6) is 0.209. The molecule has 6 heteroatoms. The monoisotopic (exact) mass is 215 g/mol. The molecule has 5 nitrogen and oxygen atoms in total. The number of benzene rings is 1. The van der Waals surface area contributed by atoms with Gasteiger partial charge in [-0.05, 0) is 0 Å². The van der Waals surface area contributed by atoms with E-state index >= 15 is 0 Å². The molecule has 15 heavy (non-hydrogen) atoms. The second-order valence-electron chi connectivity index (χ2n) is 2.94. The summed E-state index contributed by atoms with van der Waals surface area (Å²) in [5.41, 5.74) is 2.33. The standard InChI is InChI=1S/C9H10FNO4/c1-13-8-5(3-11-12)9-7(2-6(8)10)14-4-15-9/h2,11-12H,3-4H2,1H3. The summed E-state index contributed by atoms with van der Waals surface area (Å²) in [6.45, 7) is 0.0625. The summed E-state index contributed by atoms with van der Waals surface area (Å²) in [4.78, 5) is 0. The van der Waals surface area contributed by atoms with Crippen molar-refractivity contribution in [2.75, 3.05) is 13.9 Å². The van der Waals surface area contributed by atoms with Gasteiger partial charge in [0.05, 0.1) is 19.2 Å². The number of methoxy groups -OCH3 is 1. The molecule has 1 aliphatic rings. The number of rotatable bonds is 3. The van der Waals surface area contributed by atoms with Gasteiger partial charge < -0.3 is 19.4 Å². The lowest BCUT2D eigenvalue weighted by molar-refractivity contribution is 0.154. The molecule has 1 aromatic carbocycles. The normalized spacial score (nSPS) is 13.0. The number of ether oxygens (including phenoxy) is 3. The predicted octanol–water partition coefficient (Wildman–Crippen LogP) is 1.04. The average molecular weight is 215 g/mol. The van der Waals surface area contributed by atoms with Crippen LogP contribution in [0.15, 0.2) is 6.07 Å². The molecule has 1 heterocycles. The third-order valence-electron chi connectivity index (χ3n) is 2.12. The number of fused-ring (bicyclic) bond motifs is 1. The highest BCUT2D eigenvalue weighted by Crippen LogP contribution is 2.42. The van der Waals surface area contributed by atoms with Gasteiger partial charge in [-0.3, -0.25) is 0 Å². The Labute approximate surface area is 85.3 Å². The van der Waals surface area contributed by atoms with Crippen molar-refractivity contribution in [3.8, 4) is 17.2 Å². The maximum atomic E-state index is 13.5. The zero-order valence-corrected chi connectivity index (χ0v) is 8.04. The maximum absolute atomic E-state index is 13.5. The van der Waals surface area contributed by atoms with Crippen LogP contribution in [0.3, 0.4) is 0 Å². The van der Waals surface area contributed by atoms with E-state index in [0.29, 0.717) is 17.1 Å². The Morgan fingerprint density at radius 1 is 1.60 bits per heavy atom. The highest BCUT2D eigenvalue weighted by atomic mass is 19.1. The molecule has 0 radical (unpaired) electrons. The first-order valence-electron chi connectivity index (χ1n) is 4.30. The lowest BCUT2D eigenvalue weighted by Gasteiger charge is -2.11. The number of nitrogens with one attached hydrogen (secondary N) is 1. The smallest absolute Gasteiger partial charge is 0.231 e. The molecular formula is C9H10FNO4. The second-order valence-corrected chi connectivity index (χ2v) is 2.94. The third kappa shape index (κ3) is 1.57. The first-order valence-corrected chi connectivity index (χ1v) is 4.30. The highest BCUT2D eigenvalue weighted by molar-refractivity contribution is 5.55. The van der Waals surface area contributed by atoms with Gasteiger partial charge in [0, 0.05) is 6.07 Å². The van der Waals surface area contributed by atoms with Crippen molar-refractivity contribution in [2.24, 2.45) is 0 Å². The molecule has 2 N–H and O–H groups in total. The fraction of sp³-hybridized carbons (Fsp3) is 0.333. The minimum absolute atomic E-state index is 0.0205. The third-order valence-corrected chi connectivity index (χ3v) is 2.12. The molecule has 0 spiro atoms. The number of halogens is 1. The van der Waals surface area contributed by atoms with E-state index in [4.69, 9.17) is 19.4 Å². The van der Waals surface area contributed by atoms with Crippen molar-refractivity contribution < 1.29 is 23.8 Å². The second kappa shape index (κ2) is 3.92. The Morgan fingerprint density at radius 3 is 3.07 bits per heavy atom. The largest absolute Gasteiger partial charge is 0.493 e. The van der Waals surface area contributed by atoms with E-state index < -0.39 is 5.82 Å². The first-order chi connectivity index (χ1) is 7.27. The van der Waals surface area contributed by atoms with Gasteiger partial charge in [0.2, 0.25) is 6.79 Å². The summed E-state index contributed by atoms with van der Waals surface area (Å²) < 4.78 is 28.5. The molecule has 1 aromatic rings. The molecular weight excluding hydrogens is 205 g/mol. The van der Waals surface area contributed by atoms with Crippen molar-refractivity contribution in [2.45, 2.75) is 6.54 Å². The van der Waals surface area contributed by atoms with Crippen molar-refractivity contribution in [1.29, 1.82) is 0 Å². The fourth-order valence-corrected chi connectivity index (χ4v) is 1.52. The van der Waals surface area contributed by atoms with Crippen molar-refractivity contribution in [1.82, 2.24) is 5.48 Å². The fourth-order valence-electron chi connectivity index (χ4n) is 1.52. The summed E-state index contributed by atoms with van der Waals surface area (Å²) in [5, 5.41) is 8.64. The van der Waals surface area contributed by atoms with Crippen LogP contribution in [0, 0.1) is 5.82 Å². The van der Waals surface area contributed by atoms with Gasteiger partial charge in [-0.2, -0.15) is 0 Å². The minimum Gasteiger partial charge on any atom is -0.493 e.